The first-order chi connectivity index (χ1) is 9.58. The molecule has 0 spiro atoms. The lowest BCUT2D eigenvalue weighted by Crippen LogP contribution is -2.49. The maximum atomic E-state index is 11.6. The first-order valence-electron chi connectivity index (χ1n) is 7.43. The second-order valence-electron chi connectivity index (χ2n) is 5.69. The average Bonchev–Trinajstić information content (AvgIpc) is 2.48. The molecule has 0 aliphatic carbocycles. The molecule has 0 bridgehead atoms. The molecule has 1 heterocycles. The Morgan fingerprint density at radius 1 is 1.25 bits per heavy atom. The summed E-state index contributed by atoms with van der Waals surface area (Å²) in [6, 6.07) is 10.9. The maximum absolute atomic E-state index is 11.6. The van der Waals surface area contributed by atoms with E-state index in [0.717, 1.165) is 25.9 Å². The number of nitrogens with two attached hydrogens (primary N) is 1. The zero-order chi connectivity index (χ0) is 14.5. The molecule has 20 heavy (non-hydrogen) atoms. The van der Waals surface area contributed by atoms with Crippen LogP contribution in [0.25, 0.3) is 0 Å². The van der Waals surface area contributed by atoms with Crippen molar-refractivity contribution in [3.63, 3.8) is 0 Å². The number of nitrogens with zero attached hydrogens (tertiary/aromatic N) is 1. The zero-order valence-corrected chi connectivity index (χ0v) is 12.4. The minimum Gasteiger partial charge on any atom is -0.352 e. The Morgan fingerprint density at radius 2 is 1.85 bits per heavy atom. The quantitative estimate of drug-likeness (QED) is 0.879. The molecule has 1 aliphatic heterocycles. The molecular weight excluding hydrogens is 250 g/mol. The SMILES string of the molecule is CC(N)C(=O)NC1CCN(C(C)c2ccccc2)CC1. The Labute approximate surface area is 121 Å². The Balaban J connectivity index is 1.84. The molecule has 1 aromatic carbocycles. The lowest BCUT2D eigenvalue weighted by molar-refractivity contribution is -0.123. The molecule has 2 unspecified atom stereocenters. The van der Waals surface area contributed by atoms with Crippen molar-refractivity contribution in [3.8, 4) is 0 Å². The van der Waals surface area contributed by atoms with Crippen LogP contribution >= 0.6 is 0 Å². The van der Waals surface area contributed by atoms with E-state index in [1.807, 2.05) is 6.07 Å². The van der Waals surface area contributed by atoms with E-state index < -0.39 is 6.04 Å². The van der Waals surface area contributed by atoms with Crippen LogP contribution in [0.3, 0.4) is 0 Å². The van der Waals surface area contributed by atoms with Crippen LogP contribution in [0.1, 0.15) is 38.3 Å². The van der Waals surface area contributed by atoms with Crippen molar-refractivity contribution < 1.29 is 4.79 Å². The van der Waals surface area contributed by atoms with E-state index in [4.69, 9.17) is 5.73 Å². The summed E-state index contributed by atoms with van der Waals surface area (Å²) >= 11 is 0. The maximum Gasteiger partial charge on any atom is 0.236 e. The predicted molar refractivity (Wildman–Crippen MR) is 81.2 cm³/mol. The number of amides is 1. The fourth-order valence-corrected chi connectivity index (χ4v) is 2.71. The predicted octanol–water partition coefficient (Wildman–Crippen LogP) is 1.68. The molecule has 0 saturated carbocycles. The number of hydrogen-bond donors (Lipinski definition) is 2. The standard InChI is InChI=1S/C16H25N3O/c1-12(17)16(20)18-15-8-10-19(11-9-15)13(2)14-6-4-3-5-7-14/h3-7,12-13,15H,8-11,17H2,1-2H3,(H,18,20). The summed E-state index contributed by atoms with van der Waals surface area (Å²) in [6.45, 7) is 6.00. The fraction of sp³-hybridized carbons (Fsp3) is 0.562. The lowest BCUT2D eigenvalue weighted by atomic mass is 10.00. The minimum atomic E-state index is -0.420. The van der Waals surface area contributed by atoms with Gasteiger partial charge in [0.05, 0.1) is 6.04 Å². The Morgan fingerprint density at radius 3 is 2.40 bits per heavy atom. The zero-order valence-electron chi connectivity index (χ0n) is 12.4. The molecular formula is C16H25N3O. The van der Waals surface area contributed by atoms with Gasteiger partial charge in [-0.25, -0.2) is 0 Å². The number of rotatable bonds is 4. The van der Waals surface area contributed by atoms with Crippen molar-refractivity contribution in [1.29, 1.82) is 0 Å². The van der Waals surface area contributed by atoms with Gasteiger partial charge in [-0.1, -0.05) is 30.3 Å². The minimum absolute atomic E-state index is 0.0421. The van der Waals surface area contributed by atoms with Crippen LogP contribution in [0.5, 0.6) is 0 Å². The molecule has 1 saturated heterocycles. The number of carbonyl (C=O) groups is 1. The van der Waals surface area contributed by atoms with Gasteiger partial charge >= 0.3 is 0 Å². The normalized spacial score (nSPS) is 20.4. The van der Waals surface area contributed by atoms with Crippen LogP contribution in [0, 0.1) is 0 Å². The average molecular weight is 275 g/mol. The topological polar surface area (TPSA) is 58.4 Å². The number of likely N-dealkylation sites (tertiary alicyclic amines) is 1. The summed E-state index contributed by atoms with van der Waals surface area (Å²) in [6.07, 6.45) is 1.99. The van der Waals surface area contributed by atoms with Crippen LogP contribution in [-0.4, -0.2) is 36.0 Å². The van der Waals surface area contributed by atoms with Gasteiger partial charge in [-0.15, -0.1) is 0 Å². The highest BCUT2D eigenvalue weighted by molar-refractivity contribution is 5.81. The van der Waals surface area contributed by atoms with Gasteiger partial charge in [-0.2, -0.15) is 0 Å². The number of carbonyl (C=O) groups excluding carboxylic acids is 1. The molecule has 1 fully saturated rings. The van der Waals surface area contributed by atoms with E-state index in [-0.39, 0.29) is 11.9 Å². The van der Waals surface area contributed by atoms with Crippen molar-refractivity contribution in [2.24, 2.45) is 5.73 Å². The second kappa shape index (κ2) is 6.86. The molecule has 2 rings (SSSR count). The molecule has 0 aromatic heterocycles. The molecule has 2 atom stereocenters. The number of benzene rings is 1. The summed E-state index contributed by atoms with van der Waals surface area (Å²) in [5.41, 5.74) is 6.93. The fourth-order valence-electron chi connectivity index (χ4n) is 2.71. The van der Waals surface area contributed by atoms with Gasteiger partial charge < -0.3 is 11.1 Å². The van der Waals surface area contributed by atoms with E-state index in [9.17, 15) is 4.79 Å². The highest BCUT2D eigenvalue weighted by atomic mass is 16.2. The van der Waals surface area contributed by atoms with Crippen LogP contribution in [0.4, 0.5) is 0 Å². The van der Waals surface area contributed by atoms with Gasteiger partial charge in [0.25, 0.3) is 0 Å². The van der Waals surface area contributed by atoms with Gasteiger partial charge in [0.15, 0.2) is 0 Å². The van der Waals surface area contributed by atoms with Gasteiger partial charge in [0.2, 0.25) is 5.91 Å². The molecule has 3 N–H and O–H groups in total. The summed E-state index contributed by atoms with van der Waals surface area (Å²) in [5, 5.41) is 3.03. The molecule has 1 aromatic rings. The van der Waals surface area contributed by atoms with E-state index in [2.05, 4.69) is 41.4 Å². The van der Waals surface area contributed by atoms with Crippen LogP contribution < -0.4 is 11.1 Å². The van der Waals surface area contributed by atoms with E-state index >= 15 is 0 Å². The van der Waals surface area contributed by atoms with Crippen molar-refractivity contribution in [1.82, 2.24) is 10.2 Å². The molecule has 0 radical (unpaired) electrons. The number of piperidine rings is 1. The van der Waals surface area contributed by atoms with Crippen LogP contribution in [-0.2, 0) is 4.79 Å². The van der Waals surface area contributed by atoms with Crippen LogP contribution in [0.15, 0.2) is 30.3 Å². The molecule has 4 nitrogen and oxygen atoms in total. The van der Waals surface area contributed by atoms with Gasteiger partial charge in [-0.3, -0.25) is 9.69 Å². The van der Waals surface area contributed by atoms with Gasteiger partial charge in [0, 0.05) is 25.2 Å². The molecule has 1 aliphatic rings. The van der Waals surface area contributed by atoms with Crippen LogP contribution in [0.2, 0.25) is 0 Å². The van der Waals surface area contributed by atoms with E-state index in [0.29, 0.717) is 6.04 Å². The van der Waals surface area contributed by atoms with Crippen molar-refractivity contribution >= 4 is 5.91 Å². The highest BCUT2D eigenvalue weighted by Crippen LogP contribution is 2.23. The summed E-state index contributed by atoms with van der Waals surface area (Å²) in [4.78, 5) is 14.1. The third-order valence-electron chi connectivity index (χ3n) is 4.12. The van der Waals surface area contributed by atoms with Gasteiger partial charge in [-0.05, 0) is 32.3 Å². The monoisotopic (exact) mass is 275 g/mol. The van der Waals surface area contributed by atoms with E-state index in [1.54, 1.807) is 6.92 Å². The smallest absolute Gasteiger partial charge is 0.236 e. The summed E-state index contributed by atoms with van der Waals surface area (Å²) in [5.74, 6) is -0.0421. The second-order valence-corrected chi connectivity index (χ2v) is 5.69. The third-order valence-corrected chi connectivity index (χ3v) is 4.12. The first-order valence-corrected chi connectivity index (χ1v) is 7.43. The summed E-state index contributed by atoms with van der Waals surface area (Å²) in [7, 11) is 0. The van der Waals surface area contributed by atoms with E-state index in [1.165, 1.54) is 5.56 Å². The third kappa shape index (κ3) is 3.81. The molecule has 110 valence electrons. The first kappa shape index (κ1) is 15.0. The Hall–Kier alpha value is -1.39. The summed E-state index contributed by atoms with van der Waals surface area (Å²) < 4.78 is 0. The molecule has 1 amide bonds. The van der Waals surface area contributed by atoms with Crippen molar-refractivity contribution in [3.05, 3.63) is 35.9 Å². The number of hydrogen-bond acceptors (Lipinski definition) is 3. The van der Waals surface area contributed by atoms with Gasteiger partial charge in [0.1, 0.15) is 0 Å². The molecule has 4 heteroatoms. The Bertz CT molecular complexity index is 425. The van der Waals surface area contributed by atoms with Crippen molar-refractivity contribution in [2.45, 2.75) is 44.8 Å². The lowest BCUT2D eigenvalue weighted by Gasteiger charge is -2.36. The van der Waals surface area contributed by atoms with Crippen molar-refractivity contribution in [2.75, 3.05) is 13.1 Å². The number of nitrogens with one attached hydrogen (secondary N) is 1. The largest absolute Gasteiger partial charge is 0.352 e. The highest BCUT2D eigenvalue weighted by Gasteiger charge is 2.24. The Kier molecular flexibility index (Phi) is 5.15.